The topological polar surface area (TPSA) is 54.9 Å². The Morgan fingerprint density at radius 1 is 1.11 bits per heavy atom. The number of carbonyl (C=O) groups excluding carboxylic acids is 1. The van der Waals surface area contributed by atoms with Crippen LogP contribution in [-0.2, 0) is 4.79 Å². The molecule has 2 aromatic carbocycles. The Morgan fingerprint density at radius 2 is 1.86 bits per heavy atom. The highest BCUT2D eigenvalue weighted by molar-refractivity contribution is 8.00. The lowest BCUT2D eigenvalue weighted by molar-refractivity contribution is -0.115. The maximum absolute atomic E-state index is 12.8. The average Bonchev–Trinajstić information content (AvgIpc) is 2.69. The molecule has 1 amide bonds. The van der Waals surface area contributed by atoms with Gasteiger partial charge in [-0.25, -0.2) is 9.97 Å². The number of nitrogens with one attached hydrogen (secondary N) is 1. The van der Waals surface area contributed by atoms with Crippen molar-refractivity contribution in [3.05, 3.63) is 71.0 Å². The Bertz CT molecular complexity index is 979. The number of halogens is 1. The first kappa shape index (κ1) is 20.4. The van der Waals surface area contributed by atoms with Gasteiger partial charge in [0.1, 0.15) is 10.9 Å². The number of carbonyl (C=O) groups is 1. The van der Waals surface area contributed by atoms with E-state index >= 15 is 0 Å². The molecule has 1 aromatic heterocycles. The van der Waals surface area contributed by atoms with Gasteiger partial charge in [-0.15, -0.1) is 0 Å². The molecule has 28 heavy (non-hydrogen) atoms. The lowest BCUT2D eigenvalue weighted by atomic mass is 10.1. The third-order valence-corrected chi connectivity index (χ3v) is 5.79. The van der Waals surface area contributed by atoms with E-state index in [9.17, 15) is 4.79 Å². The summed E-state index contributed by atoms with van der Waals surface area (Å²) in [6.45, 7) is 5.81. The fourth-order valence-corrected chi connectivity index (χ4v) is 3.93. The van der Waals surface area contributed by atoms with E-state index in [2.05, 4.69) is 15.3 Å². The molecule has 0 aliphatic rings. The summed E-state index contributed by atoms with van der Waals surface area (Å²) in [5.74, 6) is 0.625. The van der Waals surface area contributed by atoms with E-state index in [1.165, 1.54) is 11.8 Å². The molecule has 0 aliphatic carbocycles. The predicted octanol–water partition coefficient (Wildman–Crippen LogP) is 5.92. The van der Waals surface area contributed by atoms with Crippen molar-refractivity contribution < 1.29 is 4.79 Å². The molecule has 1 heterocycles. The summed E-state index contributed by atoms with van der Waals surface area (Å²) in [6, 6.07) is 17.4. The maximum atomic E-state index is 12.8. The summed E-state index contributed by atoms with van der Waals surface area (Å²) in [6.07, 6.45) is 0.680. The van der Waals surface area contributed by atoms with E-state index in [-0.39, 0.29) is 11.2 Å². The molecule has 0 saturated heterocycles. The number of hydrogen-bond donors (Lipinski definition) is 1. The third-order valence-electron chi connectivity index (χ3n) is 4.27. The van der Waals surface area contributed by atoms with E-state index < -0.39 is 0 Å². The van der Waals surface area contributed by atoms with E-state index in [4.69, 9.17) is 11.6 Å². The first-order chi connectivity index (χ1) is 13.5. The van der Waals surface area contributed by atoms with Gasteiger partial charge in [0.2, 0.25) is 5.91 Å². The van der Waals surface area contributed by atoms with Crippen molar-refractivity contribution in [2.75, 3.05) is 5.32 Å². The number of aryl methyl sites for hydroxylation is 2. The van der Waals surface area contributed by atoms with Crippen molar-refractivity contribution in [1.82, 2.24) is 9.97 Å². The fourth-order valence-electron chi connectivity index (χ4n) is 2.77. The molecule has 144 valence electrons. The van der Waals surface area contributed by atoms with E-state index in [1.807, 2.05) is 69.3 Å². The minimum Gasteiger partial charge on any atom is -0.325 e. The molecule has 4 nitrogen and oxygen atoms in total. The van der Waals surface area contributed by atoms with Crippen molar-refractivity contribution >= 4 is 35.0 Å². The van der Waals surface area contributed by atoms with Crippen molar-refractivity contribution in [1.29, 1.82) is 0 Å². The van der Waals surface area contributed by atoms with Gasteiger partial charge < -0.3 is 5.32 Å². The van der Waals surface area contributed by atoms with E-state index in [1.54, 1.807) is 6.07 Å². The van der Waals surface area contributed by atoms with Gasteiger partial charge in [-0.2, -0.15) is 0 Å². The summed E-state index contributed by atoms with van der Waals surface area (Å²) in [4.78, 5) is 21.9. The normalized spacial score (nSPS) is 11.9. The SMILES string of the molecule is CCC(Sc1cc(-c2ccccc2)nc(C)n1)C(=O)Nc1cc(Cl)ccc1C. The minimum atomic E-state index is -0.267. The second-order valence-corrected chi connectivity index (χ2v) is 8.13. The molecule has 1 atom stereocenters. The van der Waals surface area contributed by atoms with Crippen LogP contribution in [-0.4, -0.2) is 21.1 Å². The van der Waals surface area contributed by atoms with Gasteiger partial charge in [0, 0.05) is 16.3 Å². The maximum Gasteiger partial charge on any atom is 0.237 e. The van der Waals surface area contributed by atoms with Crippen molar-refractivity contribution in [3.63, 3.8) is 0 Å². The number of nitrogens with zero attached hydrogens (tertiary/aromatic N) is 2. The Kier molecular flexibility index (Phi) is 6.70. The first-order valence-corrected chi connectivity index (χ1v) is 10.4. The summed E-state index contributed by atoms with van der Waals surface area (Å²) in [5.41, 5.74) is 3.60. The van der Waals surface area contributed by atoms with Gasteiger partial charge >= 0.3 is 0 Å². The highest BCUT2D eigenvalue weighted by Crippen LogP contribution is 2.29. The van der Waals surface area contributed by atoms with Gasteiger partial charge in [0.15, 0.2) is 0 Å². The molecule has 0 saturated carbocycles. The summed E-state index contributed by atoms with van der Waals surface area (Å²) in [7, 11) is 0. The number of rotatable bonds is 6. The number of benzene rings is 2. The number of anilines is 1. The second-order valence-electron chi connectivity index (χ2n) is 6.47. The molecular formula is C22H22ClN3OS. The molecule has 6 heteroatoms. The van der Waals surface area contributed by atoms with Gasteiger partial charge in [-0.3, -0.25) is 4.79 Å². The van der Waals surface area contributed by atoms with E-state index in [0.717, 1.165) is 27.5 Å². The predicted molar refractivity (Wildman–Crippen MR) is 117 cm³/mol. The molecule has 3 rings (SSSR count). The van der Waals surface area contributed by atoms with Crippen molar-refractivity contribution in [2.24, 2.45) is 0 Å². The molecule has 1 N–H and O–H groups in total. The first-order valence-electron chi connectivity index (χ1n) is 9.11. The van der Waals surface area contributed by atoms with E-state index in [0.29, 0.717) is 17.3 Å². The monoisotopic (exact) mass is 411 g/mol. The third kappa shape index (κ3) is 5.12. The van der Waals surface area contributed by atoms with Crippen LogP contribution in [0.5, 0.6) is 0 Å². The van der Waals surface area contributed by atoms with Gasteiger partial charge in [-0.05, 0) is 44.0 Å². The zero-order valence-corrected chi connectivity index (χ0v) is 17.6. The quantitative estimate of drug-likeness (QED) is 0.403. The smallest absolute Gasteiger partial charge is 0.237 e. The molecule has 1 unspecified atom stereocenters. The number of hydrogen-bond acceptors (Lipinski definition) is 4. The molecular weight excluding hydrogens is 390 g/mol. The van der Waals surface area contributed by atoms with Crippen LogP contribution in [0.25, 0.3) is 11.3 Å². The molecule has 0 fully saturated rings. The molecule has 0 spiro atoms. The van der Waals surface area contributed by atoms with Crippen molar-refractivity contribution in [3.8, 4) is 11.3 Å². The van der Waals surface area contributed by atoms with Crippen LogP contribution in [0.4, 0.5) is 5.69 Å². The van der Waals surface area contributed by atoms with Crippen LogP contribution < -0.4 is 5.32 Å². The highest BCUT2D eigenvalue weighted by Gasteiger charge is 2.20. The summed E-state index contributed by atoms with van der Waals surface area (Å²) in [5, 5.41) is 4.11. The van der Waals surface area contributed by atoms with Gasteiger partial charge in [0.05, 0.1) is 10.9 Å². The largest absolute Gasteiger partial charge is 0.325 e. The zero-order chi connectivity index (χ0) is 20.1. The van der Waals surface area contributed by atoms with Crippen LogP contribution in [0.2, 0.25) is 5.02 Å². The number of aromatic nitrogens is 2. The zero-order valence-electron chi connectivity index (χ0n) is 16.1. The number of amides is 1. The molecule has 0 aliphatic heterocycles. The number of thioether (sulfide) groups is 1. The second kappa shape index (κ2) is 9.22. The molecule has 3 aromatic rings. The lowest BCUT2D eigenvalue weighted by Crippen LogP contribution is -2.25. The summed E-state index contributed by atoms with van der Waals surface area (Å²) >= 11 is 7.52. The van der Waals surface area contributed by atoms with Crippen molar-refractivity contribution in [2.45, 2.75) is 37.5 Å². The lowest BCUT2D eigenvalue weighted by Gasteiger charge is -2.16. The molecule has 0 bridgehead atoms. The Balaban J connectivity index is 1.80. The Hall–Kier alpha value is -2.37. The fraction of sp³-hybridized carbons (Fsp3) is 0.227. The van der Waals surface area contributed by atoms with Crippen LogP contribution in [0.15, 0.2) is 59.6 Å². The molecule has 0 radical (unpaired) electrons. The standard InChI is InChI=1S/C22H22ClN3OS/c1-4-20(22(27)26-18-12-17(23)11-10-14(18)2)28-21-13-19(24-15(3)25-21)16-8-6-5-7-9-16/h5-13,20H,4H2,1-3H3,(H,26,27). The van der Waals surface area contributed by atoms with Crippen LogP contribution in [0.3, 0.4) is 0 Å². The van der Waals surface area contributed by atoms with Gasteiger partial charge in [-0.1, -0.05) is 66.7 Å². The van der Waals surface area contributed by atoms with Crippen LogP contribution in [0.1, 0.15) is 24.7 Å². The summed E-state index contributed by atoms with van der Waals surface area (Å²) < 4.78 is 0. The Labute approximate surface area is 174 Å². The average molecular weight is 412 g/mol. The minimum absolute atomic E-state index is 0.0598. The highest BCUT2D eigenvalue weighted by atomic mass is 35.5. The van der Waals surface area contributed by atoms with Crippen LogP contribution >= 0.6 is 23.4 Å². The van der Waals surface area contributed by atoms with Gasteiger partial charge in [0.25, 0.3) is 0 Å². The Morgan fingerprint density at radius 3 is 2.57 bits per heavy atom. The van der Waals surface area contributed by atoms with Crippen LogP contribution in [0, 0.1) is 13.8 Å².